The van der Waals surface area contributed by atoms with Crippen molar-refractivity contribution in [2.45, 2.75) is 57.9 Å². The monoisotopic (exact) mass is 434 g/mol. The molecule has 0 aliphatic carbocycles. The molecule has 1 aliphatic heterocycles. The van der Waals surface area contributed by atoms with Gasteiger partial charge in [0.25, 0.3) is 11.8 Å². The number of phenolic OH excluding ortho intramolecular Hbond substituents is 1. The Morgan fingerprint density at radius 2 is 1.65 bits per heavy atom. The highest BCUT2D eigenvalue weighted by Gasteiger charge is 2.50. The number of benzene rings is 1. The summed E-state index contributed by atoms with van der Waals surface area (Å²) in [6, 6.07) is 4.26. The Morgan fingerprint density at radius 1 is 1.03 bits per heavy atom. The number of phenols is 1. The highest BCUT2D eigenvalue weighted by molar-refractivity contribution is 5.97. The zero-order valence-corrected chi connectivity index (χ0v) is 17.9. The van der Waals surface area contributed by atoms with Gasteiger partial charge in [-0.15, -0.1) is 0 Å². The zero-order chi connectivity index (χ0) is 23.1. The van der Waals surface area contributed by atoms with Crippen LogP contribution in [0.1, 0.15) is 32.8 Å². The van der Waals surface area contributed by atoms with Crippen molar-refractivity contribution in [1.29, 1.82) is 0 Å². The highest BCUT2D eigenvalue weighted by Crippen LogP contribution is 2.23. The second kappa shape index (κ2) is 10.8. The topological polar surface area (TPSA) is 163 Å². The second-order valence-electron chi connectivity index (χ2n) is 7.90. The van der Waals surface area contributed by atoms with Crippen molar-refractivity contribution < 1.29 is 29.0 Å². The van der Waals surface area contributed by atoms with E-state index in [-0.39, 0.29) is 24.0 Å². The van der Waals surface area contributed by atoms with Gasteiger partial charge in [0.15, 0.2) is 12.2 Å². The molecule has 10 nitrogen and oxygen atoms in total. The van der Waals surface area contributed by atoms with E-state index < -0.39 is 42.0 Å². The van der Waals surface area contributed by atoms with Crippen molar-refractivity contribution in [3.63, 3.8) is 0 Å². The Labute approximate surface area is 180 Å². The molecule has 10 heteroatoms. The normalized spacial score (nSPS) is 19.2. The van der Waals surface area contributed by atoms with Crippen LogP contribution in [-0.4, -0.2) is 59.6 Å². The number of amides is 4. The van der Waals surface area contributed by atoms with E-state index in [1.54, 1.807) is 19.1 Å². The molecule has 1 aromatic rings. The number of epoxide rings is 1. The second-order valence-corrected chi connectivity index (χ2v) is 7.90. The molecule has 1 aliphatic rings. The van der Waals surface area contributed by atoms with Crippen molar-refractivity contribution >= 4 is 23.6 Å². The Bertz CT molecular complexity index is 811. The third-order valence-electron chi connectivity index (χ3n) is 4.74. The minimum atomic E-state index is -0.996. The molecule has 0 aromatic heterocycles. The van der Waals surface area contributed by atoms with Crippen LogP contribution in [0.3, 0.4) is 0 Å². The summed E-state index contributed by atoms with van der Waals surface area (Å²) in [6.07, 6.45) is -1.36. The largest absolute Gasteiger partial charge is 0.508 e. The molecule has 0 radical (unpaired) electrons. The van der Waals surface area contributed by atoms with E-state index in [0.29, 0.717) is 18.5 Å². The Kier molecular flexibility index (Phi) is 8.38. The predicted octanol–water partition coefficient (Wildman–Crippen LogP) is -0.661. The van der Waals surface area contributed by atoms with Gasteiger partial charge < -0.3 is 31.5 Å². The fourth-order valence-corrected chi connectivity index (χ4v) is 3.11. The third-order valence-corrected chi connectivity index (χ3v) is 4.74. The Balaban J connectivity index is 2.02. The number of hydrogen-bond donors (Lipinski definition) is 5. The highest BCUT2D eigenvalue weighted by atomic mass is 16.6. The first-order chi connectivity index (χ1) is 14.6. The van der Waals surface area contributed by atoms with Crippen molar-refractivity contribution in [1.82, 2.24) is 16.0 Å². The van der Waals surface area contributed by atoms with Crippen LogP contribution in [-0.2, 0) is 30.3 Å². The van der Waals surface area contributed by atoms with Crippen LogP contribution >= 0.6 is 0 Å². The summed E-state index contributed by atoms with van der Waals surface area (Å²) in [5.74, 6) is -2.07. The summed E-state index contributed by atoms with van der Waals surface area (Å²) in [6.45, 7) is 5.95. The van der Waals surface area contributed by atoms with Gasteiger partial charge in [0.1, 0.15) is 17.8 Å². The summed E-state index contributed by atoms with van der Waals surface area (Å²) in [7, 11) is 0. The number of carbonyl (C=O) groups excluding carboxylic acids is 4. The number of hydrogen-bond acceptors (Lipinski definition) is 6. The van der Waals surface area contributed by atoms with Gasteiger partial charge in [-0.1, -0.05) is 26.0 Å². The molecular weight excluding hydrogens is 404 g/mol. The van der Waals surface area contributed by atoms with E-state index in [1.807, 2.05) is 13.8 Å². The number of nitrogens with two attached hydrogens (primary N) is 1. The molecule has 1 aromatic carbocycles. The maximum atomic E-state index is 12.8. The maximum absolute atomic E-state index is 12.8. The van der Waals surface area contributed by atoms with Crippen LogP contribution in [0, 0.1) is 5.92 Å². The van der Waals surface area contributed by atoms with E-state index >= 15 is 0 Å². The molecule has 0 spiro atoms. The van der Waals surface area contributed by atoms with Crippen LogP contribution in [0.15, 0.2) is 24.3 Å². The summed E-state index contributed by atoms with van der Waals surface area (Å²) in [5.41, 5.74) is 6.15. The number of rotatable bonds is 11. The zero-order valence-electron chi connectivity index (χ0n) is 17.9. The van der Waals surface area contributed by atoms with Crippen molar-refractivity contribution in [3.8, 4) is 5.75 Å². The van der Waals surface area contributed by atoms with Gasteiger partial charge in [0, 0.05) is 13.0 Å². The number of aromatic hydroxyl groups is 1. The van der Waals surface area contributed by atoms with Crippen molar-refractivity contribution in [2.75, 3.05) is 6.54 Å². The van der Waals surface area contributed by atoms with Crippen LogP contribution in [0.25, 0.3) is 0 Å². The molecule has 1 heterocycles. The first-order valence-electron chi connectivity index (χ1n) is 10.2. The quantitative estimate of drug-likeness (QED) is 0.290. The average Bonchev–Trinajstić information content (AvgIpc) is 3.49. The first kappa shape index (κ1) is 24.1. The molecule has 4 amide bonds. The molecule has 1 saturated heterocycles. The molecule has 170 valence electrons. The van der Waals surface area contributed by atoms with E-state index in [4.69, 9.17) is 10.5 Å². The molecular formula is C21H30N4O6. The van der Waals surface area contributed by atoms with Crippen LogP contribution in [0.5, 0.6) is 5.75 Å². The van der Waals surface area contributed by atoms with Gasteiger partial charge in [0.2, 0.25) is 11.8 Å². The minimum absolute atomic E-state index is 0.0690. The number of likely N-dealkylation sites (N-methyl/N-ethyl adjacent to an activating group) is 1. The average molecular weight is 434 g/mol. The molecule has 6 N–H and O–H groups in total. The first-order valence-corrected chi connectivity index (χ1v) is 10.2. The number of primary amides is 1. The van der Waals surface area contributed by atoms with Gasteiger partial charge in [0.05, 0.1) is 0 Å². The van der Waals surface area contributed by atoms with Gasteiger partial charge in [-0.05, 0) is 37.0 Å². The lowest BCUT2D eigenvalue weighted by Gasteiger charge is -2.23. The predicted molar refractivity (Wildman–Crippen MR) is 112 cm³/mol. The number of nitrogens with one attached hydrogen (secondary N) is 3. The lowest BCUT2D eigenvalue weighted by molar-refractivity contribution is -0.132. The van der Waals surface area contributed by atoms with Crippen LogP contribution in [0.2, 0.25) is 0 Å². The molecule has 1 fully saturated rings. The number of carbonyl (C=O) groups is 4. The molecule has 0 bridgehead atoms. The molecule has 31 heavy (non-hydrogen) atoms. The lowest BCUT2D eigenvalue weighted by Crippen LogP contribution is -2.54. The summed E-state index contributed by atoms with van der Waals surface area (Å²) in [4.78, 5) is 48.9. The van der Waals surface area contributed by atoms with Gasteiger partial charge in [-0.2, -0.15) is 0 Å². The van der Waals surface area contributed by atoms with Crippen molar-refractivity contribution in [2.24, 2.45) is 11.7 Å². The smallest absolute Gasteiger partial charge is 0.253 e. The maximum Gasteiger partial charge on any atom is 0.253 e. The summed E-state index contributed by atoms with van der Waals surface area (Å²) >= 11 is 0. The third kappa shape index (κ3) is 7.25. The summed E-state index contributed by atoms with van der Waals surface area (Å²) < 4.78 is 5.14. The minimum Gasteiger partial charge on any atom is -0.508 e. The molecule has 0 saturated carbocycles. The SMILES string of the molecule is CCNC(=O)C1OC1C(=O)N[C@@H](CC(C)C)C(=O)N[C@@H](Cc1ccc(O)cc1)C(N)=O. The number of ether oxygens (including phenoxy) is 1. The van der Waals surface area contributed by atoms with Crippen LogP contribution < -0.4 is 21.7 Å². The molecule has 2 unspecified atom stereocenters. The fraction of sp³-hybridized carbons (Fsp3) is 0.524. The standard InChI is InChI=1S/C21H30N4O6/c1-4-23-20(29)16-17(31-16)21(30)25-15(9-11(2)3)19(28)24-14(18(22)27)10-12-5-7-13(26)8-6-12/h5-8,11,14-17,26H,4,9-10H2,1-3H3,(H2,22,27)(H,23,29)(H,24,28)(H,25,30)/t14-,15-,16?,17?/m0/s1. The van der Waals surface area contributed by atoms with E-state index in [9.17, 15) is 24.3 Å². The Morgan fingerprint density at radius 3 is 2.19 bits per heavy atom. The Hall–Kier alpha value is -3.14. The summed E-state index contributed by atoms with van der Waals surface area (Å²) in [5, 5.41) is 17.2. The van der Waals surface area contributed by atoms with E-state index in [2.05, 4.69) is 16.0 Å². The van der Waals surface area contributed by atoms with Crippen LogP contribution in [0.4, 0.5) is 0 Å². The molecule has 2 rings (SSSR count). The van der Waals surface area contributed by atoms with Crippen molar-refractivity contribution in [3.05, 3.63) is 29.8 Å². The van der Waals surface area contributed by atoms with Gasteiger partial charge >= 0.3 is 0 Å². The van der Waals surface area contributed by atoms with E-state index in [1.165, 1.54) is 12.1 Å². The lowest BCUT2D eigenvalue weighted by atomic mass is 10.0. The molecule has 4 atom stereocenters. The fourth-order valence-electron chi connectivity index (χ4n) is 3.11. The van der Waals surface area contributed by atoms with Gasteiger partial charge in [-0.25, -0.2) is 0 Å². The van der Waals surface area contributed by atoms with E-state index in [0.717, 1.165) is 0 Å². The van der Waals surface area contributed by atoms with Gasteiger partial charge in [-0.3, -0.25) is 19.2 Å².